The largest absolute Gasteiger partial charge is 0.494 e. The van der Waals surface area contributed by atoms with E-state index in [4.69, 9.17) is 9.15 Å². The topological polar surface area (TPSA) is 77.2 Å². The van der Waals surface area contributed by atoms with Crippen molar-refractivity contribution in [1.82, 2.24) is 10.2 Å². The monoisotopic (exact) mass is 343 g/mol. The van der Waals surface area contributed by atoms with Gasteiger partial charge in [0.1, 0.15) is 5.75 Å². The molecule has 124 valence electrons. The summed E-state index contributed by atoms with van der Waals surface area (Å²) < 4.78 is 11.1. The van der Waals surface area contributed by atoms with Crippen molar-refractivity contribution >= 4 is 23.3 Å². The predicted octanol–water partition coefficient (Wildman–Crippen LogP) is 4.23. The van der Waals surface area contributed by atoms with Crippen molar-refractivity contribution in [2.24, 2.45) is 0 Å². The molecule has 1 aromatic carbocycles. The first-order valence-electron chi connectivity index (χ1n) is 7.68. The van der Waals surface area contributed by atoms with Gasteiger partial charge in [-0.2, -0.15) is 0 Å². The molecule has 0 saturated heterocycles. The van der Waals surface area contributed by atoms with Crippen molar-refractivity contribution in [2.45, 2.75) is 19.8 Å². The Hall–Kier alpha value is -2.67. The number of unbranched alkanes of at least 4 members (excludes halogenated alkanes) is 1. The van der Waals surface area contributed by atoms with Gasteiger partial charge in [-0.05, 0) is 36.1 Å². The summed E-state index contributed by atoms with van der Waals surface area (Å²) in [6.45, 7) is 2.73. The van der Waals surface area contributed by atoms with Crippen molar-refractivity contribution < 1.29 is 13.9 Å². The van der Waals surface area contributed by atoms with Crippen molar-refractivity contribution in [3.05, 3.63) is 47.3 Å². The Morgan fingerprint density at radius 1 is 1.29 bits per heavy atom. The van der Waals surface area contributed by atoms with Gasteiger partial charge in [-0.3, -0.25) is 10.1 Å². The van der Waals surface area contributed by atoms with E-state index >= 15 is 0 Å². The fourth-order valence-electron chi connectivity index (χ4n) is 2.00. The van der Waals surface area contributed by atoms with Crippen molar-refractivity contribution in [1.29, 1.82) is 0 Å². The molecule has 3 aromatic rings. The molecule has 7 heteroatoms. The van der Waals surface area contributed by atoms with E-state index in [2.05, 4.69) is 22.4 Å². The van der Waals surface area contributed by atoms with Crippen LogP contribution in [0.5, 0.6) is 5.75 Å². The lowest BCUT2D eigenvalue weighted by atomic mass is 10.2. The highest BCUT2D eigenvalue weighted by Crippen LogP contribution is 2.24. The number of rotatable bonds is 7. The van der Waals surface area contributed by atoms with Gasteiger partial charge in [0.15, 0.2) is 0 Å². The third-order valence-corrected chi connectivity index (χ3v) is 4.10. The van der Waals surface area contributed by atoms with E-state index in [0.29, 0.717) is 23.8 Å². The molecule has 0 unspecified atom stereocenters. The Bertz CT molecular complexity index is 799. The molecule has 0 bridgehead atoms. The summed E-state index contributed by atoms with van der Waals surface area (Å²) in [5, 5.41) is 12.3. The summed E-state index contributed by atoms with van der Waals surface area (Å²) >= 11 is 1.49. The Morgan fingerprint density at radius 3 is 3.00 bits per heavy atom. The van der Waals surface area contributed by atoms with Crippen LogP contribution >= 0.6 is 11.3 Å². The van der Waals surface area contributed by atoms with Gasteiger partial charge in [0.2, 0.25) is 0 Å². The molecule has 2 aromatic heterocycles. The number of hydrogen-bond acceptors (Lipinski definition) is 6. The molecule has 3 rings (SSSR count). The van der Waals surface area contributed by atoms with Crippen molar-refractivity contribution in [2.75, 3.05) is 11.9 Å². The number of benzene rings is 1. The third kappa shape index (κ3) is 3.99. The van der Waals surface area contributed by atoms with E-state index in [-0.39, 0.29) is 11.9 Å². The summed E-state index contributed by atoms with van der Waals surface area (Å²) in [7, 11) is 0. The van der Waals surface area contributed by atoms with Gasteiger partial charge in [0.05, 0.1) is 11.5 Å². The molecule has 24 heavy (non-hydrogen) atoms. The fraction of sp³-hybridized carbons (Fsp3) is 0.235. The van der Waals surface area contributed by atoms with Crippen LogP contribution in [0.25, 0.3) is 10.8 Å². The van der Waals surface area contributed by atoms with Gasteiger partial charge >= 0.3 is 6.01 Å². The van der Waals surface area contributed by atoms with Crippen LogP contribution in [0.3, 0.4) is 0 Å². The molecule has 6 nitrogen and oxygen atoms in total. The van der Waals surface area contributed by atoms with Crippen LogP contribution in [-0.4, -0.2) is 22.7 Å². The van der Waals surface area contributed by atoms with Gasteiger partial charge in [-0.25, -0.2) is 0 Å². The lowest BCUT2D eigenvalue weighted by Crippen LogP contribution is -2.12. The normalized spacial score (nSPS) is 10.5. The summed E-state index contributed by atoms with van der Waals surface area (Å²) in [5.74, 6) is 0.732. The number of anilines is 1. The highest BCUT2D eigenvalue weighted by Gasteiger charge is 2.13. The molecule has 0 spiro atoms. The number of nitrogens with zero attached hydrogens (tertiary/aromatic N) is 2. The second-order valence-corrected chi connectivity index (χ2v) is 6.02. The maximum absolute atomic E-state index is 12.3. The average molecular weight is 343 g/mol. The lowest BCUT2D eigenvalue weighted by molar-refractivity contribution is 0.102. The molecule has 0 saturated carbocycles. The molecule has 1 amide bonds. The van der Waals surface area contributed by atoms with Gasteiger partial charge in [0, 0.05) is 5.56 Å². The zero-order chi connectivity index (χ0) is 16.8. The van der Waals surface area contributed by atoms with Crippen LogP contribution in [0.1, 0.15) is 30.1 Å². The summed E-state index contributed by atoms with van der Waals surface area (Å²) in [6.07, 6.45) is 2.04. The maximum Gasteiger partial charge on any atom is 0.322 e. The zero-order valence-electron chi connectivity index (χ0n) is 13.2. The number of aromatic nitrogens is 2. The molecular formula is C17H17N3O3S. The van der Waals surface area contributed by atoms with Crippen LogP contribution in [0, 0.1) is 0 Å². The van der Waals surface area contributed by atoms with Crippen LogP contribution in [0.2, 0.25) is 0 Å². The van der Waals surface area contributed by atoms with E-state index in [1.54, 1.807) is 18.2 Å². The van der Waals surface area contributed by atoms with E-state index in [0.717, 1.165) is 17.7 Å². The zero-order valence-corrected chi connectivity index (χ0v) is 14.0. The molecule has 0 aliphatic rings. The second-order valence-electron chi connectivity index (χ2n) is 5.07. The lowest BCUT2D eigenvalue weighted by Gasteiger charge is -2.07. The number of carbonyl (C=O) groups is 1. The van der Waals surface area contributed by atoms with Gasteiger partial charge < -0.3 is 9.15 Å². The first kappa shape index (κ1) is 16.2. The van der Waals surface area contributed by atoms with Crippen LogP contribution < -0.4 is 10.1 Å². The van der Waals surface area contributed by atoms with Crippen LogP contribution in [-0.2, 0) is 0 Å². The minimum Gasteiger partial charge on any atom is -0.494 e. The maximum atomic E-state index is 12.3. The van der Waals surface area contributed by atoms with E-state index in [1.807, 2.05) is 23.6 Å². The van der Waals surface area contributed by atoms with Crippen molar-refractivity contribution in [3.8, 4) is 16.5 Å². The van der Waals surface area contributed by atoms with Crippen LogP contribution in [0.15, 0.2) is 46.2 Å². The van der Waals surface area contributed by atoms with E-state index in [1.165, 1.54) is 11.3 Å². The minimum absolute atomic E-state index is 0.0701. The Labute approximate surface area is 143 Å². The highest BCUT2D eigenvalue weighted by molar-refractivity contribution is 7.13. The first-order chi connectivity index (χ1) is 11.8. The third-order valence-electron chi connectivity index (χ3n) is 3.24. The molecule has 1 N–H and O–H groups in total. The average Bonchev–Trinajstić information content (AvgIpc) is 3.26. The number of hydrogen-bond donors (Lipinski definition) is 1. The first-order valence-corrected chi connectivity index (χ1v) is 8.56. The molecular weight excluding hydrogens is 326 g/mol. The molecule has 0 atom stereocenters. The fourth-order valence-corrected chi connectivity index (χ4v) is 2.65. The van der Waals surface area contributed by atoms with Crippen molar-refractivity contribution in [3.63, 3.8) is 0 Å². The standard InChI is InChI=1S/C17H17N3O3S/c1-2-3-9-22-13-7-4-6-12(11-13)15(21)18-17-20-19-16(23-17)14-8-5-10-24-14/h4-8,10-11H,2-3,9H2,1H3,(H,18,20,21). The summed E-state index contributed by atoms with van der Waals surface area (Å²) in [5.41, 5.74) is 0.472. The predicted molar refractivity (Wildman–Crippen MR) is 92.4 cm³/mol. The molecule has 0 fully saturated rings. The Morgan fingerprint density at radius 2 is 2.21 bits per heavy atom. The van der Waals surface area contributed by atoms with Gasteiger partial charge in [-0.15, -0.1) is 16.4 Å². The van der Waals surface area contributed by atoms with Crippen LogP contribution in [0.4, 0.5) is 6.01 Å². The molecule has 0 aliphatic heterocycles. The van der Waals surface area contributed by atoms with E-state index < -0.39 is 0 Å². The Balaban J connectivity index is 1.65. The number of ether oxygens (including phenoxy) is 1. The SMILES string of the molecule is CCCCOc1cccc(C(=O)Nc2nnc(-c3cccs3)o2)c1. The van der Waals surface area contributed by atoms with Gasteiger partial charge in [-0.1, -0.05) is 30.6 Å². The smallest absolute Gasteiger partial charge is 0.322 e. The summed E-state index contributed by atoms with van der Waals surface area (Å²) in [6, 6.07) is 10.9. The number of carbonyl (C=O) groups excluding carboxylic acids is 1. The number of amides is 1. The number of nitrogens with one attached hydrogen (secondary N) is 1. The molecule has 0 aliphatic carbocycles. The minimum atomic E-state index is -0.322. The Kier molecular flexibility index (Phi) is 5.22. The number of thiophene rings is 1. The highest BCUT2D eigenvalue weighted by atomic mass is 32.1. The van der Waals surface area contributed by atoms with Gasteiger partial charge in [0.25, 0.3) is 11.8 Å². The van der Waals surface area contributed by atoms with E-state index in [9.17, 15) is 4.79 Å². The quantitative estimate of drug-likeness (QED) is 0.650. The second kappa shape index (κ2) is 7.74. The molecule has 2 heterocycles. The summed E-state index contributed by atoms with van der Waals surface area (Å²) in [4.78, 5) is 13.2. The molecule has 0 radical (unpaired) electrons.